The lowest BCUT2D eigenvalue weighted by molar-refractivity contribution is -0.136. The van der Waals surface area contributed by atoms with Gasteiger partial charge >= 0.3 is 11.8 Å². The van der Waals surface area contributed by atoms with Gasteiger partial charge in [0.05, 0.1) is 0 Å². The molecule has 106 valence electrons. The molecule has 0 saturated carbocycles. The summed E-state index contributed by atoms with van der Waals surface area (Å²) in [5, 5.41) is 5.33. The standard InChI is InChI=1S/C16H15N3O2/c20-15(18-13-5-7-17-8-6-13)16(21)19-14-9-11-3-1-2-4-12(11)10-14/h1-8,14H,9-10H2,(H,19,21)(H,17,18,20). The lowest BCUT2D eigenvalue weighted by Crippen LogP contribution is -2.42. The van der Waals surface area contributed by atoms with Crippen LogP contribution in [0.2, 0.25) is 0 Å². The maximum atomic E-state index is 11.9. The summed E-state index contributed by atoms with van der Waals surface area (Å²) >= 11 is 0. The molecule has 0 bridgehead atoms. The zero-order valence-electron chi connectivity index (χ0n) is 11.4. The number of fused-ring (bicyclic) bond motifs is 1. The monoisotopic (exact) mass is 281 g/mol. The number of rotatable bonds is 2. The topological polar surface area (TPSA) is 71.1 Å². The van der Waals surface area contributed by atoms with Crippen LogP contribution in [0.5, 0.6) is 0 Å². The van der Waals surface area contributed by atoms with E-state index in [2.05, 4.69) is 27.8 Å². The van der Waals surface area contributed by atoms with Crippen molar-refractivity contribution in [1.29, 1.82) is 0 Å². The largest absolute Gasteiger partial charge is 0.344 e. The number of hydrogen-bond donors (Lipinski definition) is 2. The third kappa shape index (κ3) is 3.08. The van der Waals surface area contributed by atoms with E-state index in [9.17, 15) is 9.59 Å². The maximum Gasteiger partial charge on any atom is 0.313 e. The molecule has 1 aromatic carbocycles. The molecule has 0 atom stereocenters. The fraction of sp³-hybridized carbons (Fsp3) is 0.188. The van der Waals surface area contributed by atoms with Gasteiger partial charge in [-0.3, -0.25) is 14.6 Å². The lowest BCUT2D eigenvalue weighted by atomic mass is 10.1. The number of amides is 2. The van der Waals surface area contributed by atoms with Crippen LogP contribution in [-0.2, 0) is 22.4 Å². The third-order valence-corrected chi connectivity index (χ3v) is 3.53. The van der Waals surface area contributed by atoms with E-state index >= 15 is 0 Å². The molecule has 2 aromatic rings. The molecule has 0 spiro atoms. The number of aromatic nitrogens is 1. The summed E-state index contributed by atoms with van der Waals surface area (Å²) in [6, 6.07) is 11.3. The van der Waals surface area contributed by atoms with E-state index in [1.165, 1.54) is 11.1 Å². The van der Waals surface area contributed by atoms with Gasteiger partial charge in [0.25, 0.3) is 0 Å². The first-order valence-electron chi connectivity index (χ1n) is 6.81. The molecule has 0 radical (unpaired) electrons. The molecule has 0 fully saturated rings. The molecule has 5 nitrogen and oxygen atoms in total. The first kappa shape index (κ1) is 13.3. The molecular weight excluding hydrogens is 266 g/mol. The number of hydrogen-bond acceptors (Lipinski definition) is 3. The molecule has 3 rings (SSSR count). The Hall–Kier alpha value is -2.69. The van der Waals surface area contributed by atoms with Crippen LogP contribution in [0, 0.1) is 0 Å². The highest BCUT2D eigenvalue weighted by Gasteiger charge is 2.24. The van der Waals surface area contributed by atoms with Gasteiger partial charge in [0.15, 0.2) is 0 Å². The average molecular weight is 281 g/mol. The minimum absolute atomic E-state index is 0.0157. The Morgan fingerprint density at radius 2 is 1.57 bits per heavy atom. The van der Waals surface area contributed by atoms with Gasteiger partial charge in [0.2, 0.25) is 0 Å². The van der Waals surface area contributed by atoms with E-state index < -0.39 is 11.8 Å². The highest BCUT2D eigenvalue weighted by atomic mass is 16.2. The van der Waals surface area contributed by atoms with Gasteiger partial charge in [-0.05, 0) is 36.1 Å². The molecular formula is C16H15N3O2. The Kier molecular flexibility index (Phi) is 3.64. The van der Waals surface area contributed by atoms with Gasteiger partial charge < -0.3 is 10.6 Å². The highest BCUT2D eigenvalue weighted by molar-refractivity contribution is 6.39. The lowest BCUT2D eigenvalue weighted by Gasteiger charge is -2.11. The van der Waals surface area contributed by atoms with E-state index in [4.69, 9.17) is 0 Å². The predicted molar refractivity (Wildman–Crippen MR) is 78.6 cm³/mol. The van der Waals surface area contributed by atoms with Crippen molar-refractivity contribution in [3.8, 4) is 0 Å². The predicted octanol–water partition coefficient (Wildman–Crippen LogP) is 1.30. The van der Waals surface area contributed by atoms with E-state index in [-0.39, 0.29) is 6.04 Å². The number of nitrogens with one attached hydrogen (secondary N) is 2. The van der Waals surface area contributed by atoms with E-state index in [1.807, 2.05) is 12.1 Å². The molecule has 0 aliphatic heterocycles. The number of nitrogens with zero attached hydrogens (tertiary/aromatic N) is 1. The third-order valence-electron chi connectivity index (χ3n) is 3.53. The number of benzene rings is 1. The number of carbonyl (C=O) groups is 2. The fourth-order valence-corrected chi connectivity index (χ4v) is 2.53. The second-order valence-electron chi connectivity index (χ2n) is 5.04. The smallest absolute Gasteiger partial charge is 0.313 e. The molecule has 0 unspecified atom stereocenters. The van der Waals surface area contributed by atoms with Crippen LogP contribution in [0.25, 0.3) is 0 Å². The van der Waals surface area contributed by atoms with E-state index in [1.54, 1.807) is 24.5 Å². The van der Waals surface area contributed by atoms with Crippen molar-refractivity contribution in [3.05, 3.63) is 59.9 Å². The highest BCUT2D eigenvalue weighted by Crippen LogP contribution is 2.21. The van der Waals surface area contributed by atoms with Crippen molar-refractivity contribution in [2.45, 2.75) is 18.9 Å². The summed E-state index contributed by atoms with van der Waals surface area (Å²) in [5.41, 5.74) is 3.02. The quantitative estimate of drug-likeness (QED) is 0.815. The minimum atomic E-state index is -0.655. The van der Waals surface area contributed by atoms with Gasteiger partial charge in [-0.15, -0.1) is 0 Å². The normalized spacial score (nSPS) is 13.5. The SMILES string of the molecule is O=C(Nc1ccncc1)C(=O)NC1Cc2ccccc2C1. The molecule has 1 heterocycles. The second kappa shape index (κ2) is 5.75. The Balaban J connectivity index is 1.57. The van der Waals surface area contributed by atoms with Crippen LogP contribution in [0.1, 0.15) is 11.1 Å². The van der Waals surface area contributed by atoms with Crippen LogP contribution in [0.4, 0.5) is 5.69 Å². The zero-order valence-corrected chi connectivity index (χ0v) is 11.4. The maximum absolute atomic E-state index is 11.9. The van der Waals surface area contributed by atoms with Crippen LogP contribution < -0.4 is 10.6 Å². The molecule has 2 N–H and O–H groups in total. The van der Waals surface area contributed by atoms with Crippen molar-refractivity contribution in [2.75, 3.05) is 5.32 Å². The fourth-order valence-electron chi connectivity index (χ4n) is 2.53. The van der Waals surface area contributed by atoms with Gasteiger partial charge in [-0.2, -0.15) is 0 Å². The molecule has 1 aliphatic carbocycles. The Labute approximate surface area is 122 Å². The van der Waals surface area contributed by atoms with Crippen molar-refractivity contribution in [1.82, 2.24) is 10.3 Å². The average Bonchev–Trinajstić information content (AvgIpc) is 2.90. The minimum Gasteiger partial charge on any atom is -0.344 e. The number of pyridine rings is 1. The Morgan fingerprint density at radius 3 is 2.19 bits per heavy atom. The van der Waals surface area contributed by atoms with Crippen LogP contribution in [0.15, 0.2) is 48.8 Å². The van der Waals surface area contributed by atoms with Gasteiger partial charge in [-0.1, -0.05) is 24.3 Å². The molecule has 21 heavy (non-hydrogen) atoms. The number of anilines is 1. The molecule has 5 heteroatoms. The molecule has 1 aliphatic rings. The van der Waals surface area contributed by atoms with Crippen LogP contribution in [-0.4, -0.2) is 22.8 Å². The second-order valence-corrected chi connectivity index (χ2v) is 5.04. The van der Waals surface area contributed by atoms with Crippen molar-refractivity contribution in [2.24, 2.45) is 0 Å². The van der Waals surface area contributed by atoms with Crippen molar-refractivity contribution >= 4 is 17.5 Å². The first-order valence-corrected chi connectivity index (χ1v) is 6.81. The van der Waals surface area contributed by atoms with Crippen LogP contribution in [0.3, 0.4) is 0 Å². The van der Waals surface area contributed by atoms with Crippen molar-refractivity contribution < 1.29 is 9.59 Å². The first-order chi connectivity index (χ1) is 10.2. The zero-order chi connectivity index (χ0) is 14.7. The molecule has 2 amide bonds. The van der Waals surface area contributed by atoms with Crippen molar-refractivity contribution in [3.63, 3.8) is 0 Å². The van der Waals surface area contributed by atoms with Gasteiger partial charge in [0, 0.05) is 24.1 Å². The van der Waals surface area contributed by atoms with Gasteiger partial charge in [0.1, 0.15) is 0 Å². The summed E-state index contributed by atoms with van der Waals surface area (Å²) < 4.78 is 0. The Morgan fingerprint density at radius 1 is 0.952 bits per heavy atom. The summed E-state index contributed by atoms with van der Waals surface area (Å²) in [6.07, 6.45) is 4.65. The van der Waals surface area contributed by atoms with Gasteiger partial charge in [-0.25, -0.2) is 0 Å². The summed E-state index contributed by atoms with van der Waals surface area (Å²) in [6.45, 7) is 0. The molecule has 0 saturated heterocycles. The summed E-state index contributed by atoms with van der Waals surface area (Å²) in [5.74, 6) is -1.26. The Bertz CT molecular complexity index is 645. The van der Waals surface area contributed by atoms with E-state index in [0.29, 0.717) is 5.69 Å². The summed E-state index contributed by atoms with van der Waals surface area (Å²) in [4.78, 5) is 27.6. The van der Waals surface area contributed by atoms with Crippen LogP contribution >= 0.6 is 0 Å². The number of carbonyl (C=O) groups excluding carboxylic acids is 2. The summed E-state index contributed by atoms with van der Waals surface area (Å²) in [7, 11) is 0. The molecule has 1 aromatic heterocycles. The van der Waals surface area contributed by atoms with E-state index in [0.717, 1.165) is 12.8 Å².